The van der Waals surface area contributed by atoms with Gasteiger partial charge in [0.15, 0.2) is 11.5 Å². The number of nitrogens with zero attached hydrogens (tertiary/aromatic N) is 2. The second-order valence-electron chi connectivity index (χ2n) is 6.85. The first-order chi connectivity index (χ1) is 14.4. The number of nitro benzene ring substituents is 1. The van der Waals surface area contributed by atoms with E-state index in [9.17, 15) is 19.7 Å². The number of carbonyl (C=O) groups is 2. The van der Waals surface area contributed by atoms with Crippen LogP contribution in [0.25, 0.3) is 0 Å². The van der Waals surface area contributed by atoms with Crippen LogP contribution in [-0.4, -0.2) is 48.9 Å². The third kappa shape index (κ3) is 4.53. The molecule has 2 heterocycles. The standard InChI is InChI=1S/C20H23N3O7/c1-28-17-10-15(16(23(26)27)11-18(17)29-2)20(25)22-7-5-13(6-8-22)19(24)21-12-14-4-3-9-30-14/h3-4,9-11,13H,5-8,12H2,1-2H3,(H,21,24). The van der Waals surface area contributed by atoms with Gasteiger partial charge in [-0.1, -0.05) is 0 Å². The SMILES string of the molecule is COc1cc(C(=O)N2CCC(C(=O)NCc3ccco3)CC2)c([N+](=O)[O-])cc1OC. The first kappa shape index (κ1) is 21.2. The first-order valence-electron chi connectivity index (χ1n) is 9.44. The van der Waals surface area contributed by atoms with Crippen LogP contribution >= 0.6 is 0 Å². The lowest BCUT2D eigenvalue weighted by Gasteiger charge is -2.31. The average molecular weight is 417 g/mol. The number of furan rings is 1. The summed E-state index contributed by atoms with van der Waals surface area (Å²) in [4.78, 5) is 37.7. The number of likely N-dealkylation sites (tertiary alicyclic amines) is 1. The molecule has 10 nitrogen and oxygen atoms in total. The third-order valence-corrected chi connectivity index (χ3v) is 5.10. The first-order valence-corrected chi connectivity index (χ1v) is 9.44. The minimum absolute atomic E-state index is 0.0710. The molecule has 2 amide bonds. The molecule has 1 aliphatic heterocycles. The summed E-state index contributed by atoms with van der Waals surface area (Å²) in [7, 11) is 2.76. The van der Waals surface area contributed by atoms with Gasteiger partial charge in [-0.15, -0.1) is 0 Å². The highest BCUT2D eigenvalue weighted by Gasteiger charge is 2.32. The van der Waals surface area contributed by atoms with Crippen molar-refractivity contribution in [3.63, 3.8) is 0 Å². The molecule has 160 valence electrons. The van der Waals surface area contributed by atoms with E-state index in [2.05, 4.69) is 5.32 Å². The van der Waals surface area contributed by atoms with E-state index in [4.69, 9.17) is 13.9 Å². The fraction of sp³-hybridized carbons (Fsp3) is 0.400. The van der Waals surface area contributed by atoms with E-state index in [0.29, 0.717) is 38.2 Å². The van der Waals surface area contributed by atoms with Gasteiger partial charge in [-0.2, -0.15) is 0 Å². The molecule has 0 spiro atoms. The Morgan fingerprint density at radius 2 is 1.90 bits per heavy atom. The Bertz CT molecular complexity index is 919. The number of nitrogens with one attached hydrogen (secondary N) is 1. The lowest BCUT2D eigenvalue weighted by atomic mass is 9.95. The Balaban J connectivity index is 1.66. The van der Waals surface area contributed by atoms with Gasteiger partial charge in [-0.05, 0) is 25.0 Å². The summed E-state index contributed by atoms with van der Waals surface area (Å²) in [6, 6.07) is 6.03. The average Bonchev–Trinajstić information content (AvgIpc) is 3.29. The summed E-state index contributed by atoms with van der Waals surface area (Å²) in [6.45, 7) is 0.954. The van der Waals surface area contributed by atoms with Gasteiger partial charge in [0.2, 0.25) is 5.91 Å². The van der Waals surface area contributed by atoms with Gasteiger partial charge < -0.3 is 24.1 Å². The van der Waals surface area contributed by atoms with Crippen LogP contribution in [0.2, 0.25) is 0 Å². The maximum absolute atomic E-state index is 13.0. The zero-order chi connectivity index (χ0) is 21.7. The topological polar surface area (TPSA) is 124 Å². The highest BCUT2D eigenvalue weighted by Crippen LogP contribution is 2.35. The van der Waals surface area contributed by atoms with Crippen molar-refractivity contribution in [2.24, 2.45) is 5.92 Å². The summed E-state index contributed by atoms with van der Waals surface area (Å²) in [5, 5.41) is 14.3. The zero-order valence-corrected chi connectivity index (χ0v) is 16.8. The van der Waals surface area contributed by atoms with Gasteiger partial charge in [0.25, 0.3) is 11.6 Å². The quantitative estimate of drug-likeness (QED) is 0.542. The van der Waals surface area contributed by atoms with Crippen molar-refractivity contribution >= 4 is 17.5 Å². The fourth-order valence-corrected chi connectivity index (χ4v) is 3.44. The van der Waals surface area contributed by atoms with E-state index in [-0.39, 0.29) is 34.6 Å². The number of amides is 2. The number of ether oxygens (including phenoxy) is 2. The van der Waals surface area contributed by atoms with Gasteiger partial charge in [-0.25, -0.2) is 0 Å². The minimum atomic E-state index is -0.621. The van der Waals surface area contributed by atoms with E-state index in [1.165, 1.54) is 31.3 Å². The molecule has 1 aromatic heterocycles. The number of hydrogen-bond donors (Lipinski definition) is 1. The van der Waals surface area contributed by atoms with Crippen molar-refractivity contribution in [3.8, 4) is 11.5 Å². The van der Waals surface area contributed by atoms with E-state index in [1.807, 2.05) is 0 Å². The molecule has 1 aromatic carbocycles. The minimum Gasteiger partial charge on any atom is -0.493 e. The predicted octanol–water partition coefficient (Wildman–Crippen LogP) is 2.37. The molecular weight excluding hydrogens is 394 g/mol. The maximum atomic E-state index is 13.0. The highest BCUT2D eigenvalue weighted by atomic mass is 16.6. The number of benzene rings is 1. The number of carbonyl (C=O) groups excluding carboxylic acids is 2. The van der Waals surface area contributed by atoms with Gasteiger partial charge in [0.1, 0.15) is 11.3 Å². The Morgan fingerprint density at radius 1 is 1.23 bits per heavy atom. The number of methoxy groups -OCH3 is 2. The second kappa shape index (κ2) is 9.29. The van der Waals surface area contributed by atoms with Crippen LogP contribution in [0.5, 0.6) is 11.5 Å². The normalized spacial score (nSPS) is 14.3. The fourth-order valence-electron chi connectivity index (χ4n) is 3.44. The van der Waals surface area contributed by atoms with Crippen molar-refractivity contribution in [2.75, 3.05) is 27.3 Å². The lowest BCUT2D eigenvalue weighted by molar-refractivity contribution is -0.385. The van der Waals surface area contributed by atoms with Crippen LogP contribution in [0, 0.1) is 16.0 Å². The smallest absolute Gasteiger partial charge is 0.286 e. The summed E-state index contributed by atoms with van der Waals surface area (Å²) >= 11 is 0. The number of rotatable bonds is 7. The van der Waals surface area contributed by atoms with Gasteiger partial charge >= 0.3 is 0 Å². The molecule has 2 aromatic rings. The molecule has 1 fully saturated rings. The van der Waals surface area contributed by atoms with Crippen LogP contribution in [-0.2, 0) is 11.3 Å². The summed E-state index contributed by atoms with van der Waals surface area (Å²) in [5.41, 5.74) is -0.422. The highest BCUT2D eigenvalue weighted by molar-refractivity contribution is 5.99. The maximum Gasteiger partial charge on any atom is 0.286 e. The predicted molar refractivity (Wildman–Crippen MR) is 105 cm³/mol. The van der Waals surface area contributed by atoms with Crippen molar-refractivity contribution in [1.29, 1.82) is 0 Å². The van der Waals surface area contributed by atoms with Crippen molar-refractivity contribution in [2.45, 2.75) is 19.4 Å². The number of hydrogen-bond acceptors (Lipinski definition) is 7. The van der Waals surface area contributed by atoms with Crippen molar-refractivity contribution in [1.82, 2.24) is 10.2 Å². The Labute approximate surface area is 172 Å². The van der Waals surface area contributed by atoms with E-state index >= 15 is 0 Å². The molecule has 1 saturated heterocycles. The molecule has 30 heavy (non-hydrogen) atoms. The third-order valence-electron chi connectivity index (χ3n) is 5.10. The molecule has 1 aliphatic rings. The Morgan fingerprint density at radius 3 is 2.47 bits per heavy atom. The monoisotopic (exact) mass is 417 g/mol. The zero-order valence-electron chi connectivity index (χ0n) is 16.8. The van der Waals surface area contributed by atoms with Crippen LogP contribution < -0.4 is 14.8 Å². The molecule has 0 unspecified atom stereocenters. The van der Waals surface area contributed by atoms with Gasteiger partial charge in [0, 0.05) is 25.1 Å². The van der Waals surface area contributed by atoms with Crippen LogP contribution in [0.15, 0.2) is 34.9 Å². The molecule has 0 aliphatic carbocycles. The Hall–Kier alpha value is -3.56. The molecule has 0 radical (unpaired) electrons. The largest absolute Gasteiger partial charge is 0.493 e. The molecule has 0 atom stereocenters. The van der Waals surface area contributed by atoms with Crippen molar-refractivity contribution < 1.29 is 28.4 Å². The molecule has 10 heteroatoms. The second-order valence-corrected chi connectivity index (χ2v) is 6.85. The van der Waals surface area contributed by atoms with Crippen LogP contribution in [0.1, 0.15) is 29.0 Å². The summed E-state index contributed by atoms with van der Waals surface area (Å²) in [5.74, 6) is 0.264. The van der Waals surface area contributed by atoms with E-state index in [0.717, 1.165) is 0 Å². The van der Waals surface area contributed by atoms with Crippen LogP contribution in [0.3, 0.4) is 0 Å². The molecular formula is C20H23N3O7. The van der Waals surface area contributed by atoms with Crippen molar-refractivity contribution in [3.05, 3.63) is 52.0 Å². The Kier molecular flexibility index (Phi) is 6.55. The number of nitro groups is 1. The van der Waals surface area contributed by atoms with Gasteiger partial charge in [0.05, 0.1) is 38.0 Å². The van der Waals surface area contributed by atoms with E-state index < -0.39 is 10.8 Å². The van der Waals surface area contributed by atoms with E-state index in [1.54, 1.807) is 18.4 Å². The van der Waals surface area contributed by atoms with Crippen LogP contribution in [0.4, 0.5) is 5.69 Å². The molecule has 0 bridgehead atoms. The molecule has 0 saturated carbocycles. The summed E-state index contributed by atoms with van der Waals surface area (Å²) in [6.07, 6.45) is 2.48. The number of piperidine rings is 1. The summed E-state index contributed by atoms with van der Waals surface area (Å²) < 4.78 is 15.5. The van der Waals surface area contributed by atoms with Gasteiger partial charge in [-0.3, -0.25) is 19.7 Å². The molecule has 1 N–H and O–H groups in total. The molecule has 3 rings (SSSR count). The lowest BCUT2D eigenvalue weighted by Crippen LogP contribution is -2.43.